The molecule has 2 aromatic rings. The average Bonchev–Trinajstić information content (AvgIpc) is 2.37. The first kappa shape index (κ1) is 15.1. The minimum absolute atomic E-state index is 0.256. The Morgan fingerprint density at radius 1 is 0.857 bits per heavy atom. The van der Waals surface area contributed by atoms with Crippen LogP contribution in [0.15, 0.2) is 36.4 Å². The van der Waals surface area contributed by atoms with Gasteiger partial charge in [-0.2, -0.15) is 26.3 Å². The summed E-state index contributed by atoms with van der Waals surface area (Å²) in [5.41, 5.74) is -3.16. The molecule has 112 valence electrons. The maximum Gasteiger partial charge on any atom is 0.433 e. The summed E-state index contributed by atoms with van der Waals surface area (Å²) >= 11 is 0. The van der Waals surface area contributed by atoms with Crippen LogP contribution in [0.3, 0.4) is 0 Å². The van der Waals surface area contributed by atoms with Crippen molar-refractivity contribution in [1.82, 2.24) is 4.98 Å². The van der Waals surface area contributed by atoms with Gasteiger partial charge in [0.25, 0.3) is 0 Å². The van der Waals surface area contributed by atoms with E-state index in [-0.39, 0.29) is 5.56 Å². The zero-order valence-electron chi connectivity index (χ0n) is 10.1. The zero-order valence-corrected chi connectivity index (χ0v) is 10.1. The van der Waals surface area contributed by atoms with Crippen molar-refractivity contribution in [2.24, 2.45) is 0 Å². The van der Waals surface area contributed by atoms with Gasteiger partial charge in [0, 0.05) is 5.56 Å². The van der Waals surface area contributed by atoms with Crippen LogP contribution in [0.4, 0.5) is 26.3 Å². The molecule has 0 bridgehead atoms. The summed E-state index contributed by atoms with van der Waals surface area (Å²) in [6, 6.07) is 4.85. The molecule has 2 nitrogen and oxygen atoms in total. The van der Waals surface area contributed by atoms with Crippen LogP contribution in [0.5, 0.6) is 5.75 Å². The topological polar surface area (TPSA) is 33.1 Å². The first-order valence-corrected chi connectivity index (χ1v) is 5.54. The van der Waals surface area contributed by atoms with Gasteiger partial charge in [0.2, 0.25) is 0 Å². The van der Waals surface area contributed by atoms with Crippen LogP contribution in [0.2, 0.25) is 0 Å². The molecular weight excluding hydrogens is 300 g/mol. The lowest BCUT2D eigenvalue weighted by Gasteiger charge is -2.11. The van der Waals surface area contributed by atoms with E-state index in [2.05, 4.69) is 4.98 Å². The Morgan fingerprint density at radius 3 is 2.10 bits per heavy atom. The van der Waals surface area contributed by atoms with Crippen LogP contribution in [0, 0.1) is 0 Å². The van der Waals surface area contributed by atoms with E-state index in [1.54, 1.807) is 0 Å². The Kier molecular flexibility index (Phi) is 3.56. The average molecular weight is 307 g/mol. The van der Waals surface area contributed by atoms with Gasteiger partial charge in [0.05, 0.1) is 5.56 Å². The first-order chi connectivity index (χ1) is 9.59. The van der Waals surface area contributed by atoms with Crippen molar-refractivity contribution in [3.8, 4) is 17.0 Å². The van der Waals surface area contributed by atoms with E-state index < -0.39 is 35.1 Å². The van der Waals surface area contributed by atoms with Crippen molar-refractivity contribution in [2.45, 2.75) is 12.4 Å². The molecule has 0 unspecified atom stereocenters. The van der Waals surface area contributed by atoms with Gasteiger partial charge >= 0.3 is 12.4 Å². The molecule has 1 N–H and O–H groups in total. The predicted molar refractivity (Wildman–Crippen MR) is 61.3 cm³/mol. The predicted octanol–water partition coefficient (Wildman–Crippen LogP) is 4.49. The summed E-state index contributed by atoms with van der Waals surface area (Å²) in [7, 11) is 0. The Bertz CT molecular complexity index is 662. The minimum atomic E-state index is -4.76. The number of halogens is 6. The lowest BCUT2D eigenvalue weighted by atomic mass is 10.1. The second-order valence-electron chi connectivity index (χ2n) is 4.14. The number of nitrogens with zero attached hydrogens (tertiary/aromatic N) is 1. The number of benzene rings is 1. The van der Waals surface area contributed by atoms with Crippen molar-refractivity contribution in [3.63, 3.8) is 0 Å². The number of aromatic nitrogens is 1. The van der Waals surface area contributed by atoms with Crippen LogP contribution in [0.1, 0.15) is 11.3 Å². The summed E-state index contributed by atoms with van der Waals surface area (Å²) < 4.78 is 75.4. The number of hydrogen-bond acceptors (Lipinski definition) is 2. The van der Waals surface area contributed by atoms with Crippen molar-refractivity contribution in [3.05, 3.63) is 47.7 Å². The maximum atomic E-state index is 12.6. The highest BCUT2D eigenvalue weighted by Crippen LogP contribution is 2.36. The molecule has 0 saturated heterocycles. The minimum Gasteiger partial charge on any atom is -0.506 e. The normalized spacial score (nSPS) is 12.5. The molecule has 0 spiro atoms. The SMILES string of the molecule is Oc1ccc(C(F)(F)F)nc1-c1cccc(C(F)(F)F)c1. The molecule has 0 aliphatic rings. The highest BCUT2D eigenvalue weighted by molar-refractivity contribution is 5.66. The molecule has 0 radical (unpaired) electrons. The highest BCUT2D eigenvalue weighted by Gasteiger charge is 2.34. The molecule has 2 rings (SSSR count). The van der Waals surface area contributed by atoms with Gasteiger partial charge in [0.15, 0.2) is 0 Å². The van der Waals surface area contributed by atoms with Crippen LogP contribution in [-0.4, -0.2) is 10.1 Å². The van der Waals surface area contributed by atoms with Gasteiger partial charge in [-0.15, -0.1) is 0 Å². The van der Waals surface area contributed by atoms with Crippen LogP contribution >= 0.6 is 0 Å². The number of pyridine rings is 1. The Hall–Kier alpha value is -2.25. The molecule has 1 aromatic heterocycles. The lowest BCUT2D eigenvalue weighted by Crippen LogP contribution is -2.08. The molecular formula is C13H7F6NO. The van der Waals surface area contributed by atoms with E-state index in [9.17, 15) is 31.4 Å². The first-order valence-electron chi connectivity index (χ1n) is 5.54. The fourth-order valence-corrected chi connectivity index (χ4v) is 1.66. The van der Waals surface area contributed by atoms with Crippen molar-refractivity contribution in [2.75, 3.05) is 0 Å². The van der Waals surface area contributed by atoms with Crippen molar-refractivity contribution in [1.29, 1.82) is 0 Å². The van der Waals surface area contributed by atoms with Crippen molar-refractivity contribution >= 4 is 0 Å². The number of alkyl halides is 6. The summed E-state index contributed by atoms with van der Waals surface area (Å²) in [6.45, 7) is 0. The maximum absolute atomic E-state index is 12.6. The molecule has 0 saturated carbocycles. The second kappa shape index (κ2) is 4.94. The van der Waals surface area contributed by atoms with Gasteiger partial charge < -0.3 is 5.11 Å². The van der Waals surface area contributed by atoms with E-state index in [0.29, 0.717) is 12.1 Å². The number of aromatic hydroxyl groups is 1. The van der Waals surface area contributed by atoms with Crippen LogP contribution < -0.4 is 0 Å². The van der Waals surface area contributed by atoms with Gasteiger partial charge in [0.1, 0.15) is 17.1 Å². The van der Waals surface area contributed by atoms with Crippen LogP contribution in [-0.2, 0) is 12.4 Å². The Balaban J connectivity index is 2.57. The molecule has 21 heavy (non-hydrogen) atoms. The Morgan fingerprint density at radius 2 is 1.52 bits per heavy atom. The molecule has 0 aliphatic heterocycles. The van der Waals surface area contributed by atoms with E-state index in [1.165, 1.54) is 0 Å². The zero-order chi connectivity index (χ0) is 15.8. The summed E-state index contributed by atoms with van der Waals surface area (Å²) in [5.74, 6) is -0.637. The molecule has 0 fully saturated rings. The summed E-state index contributed by atoms with van der Waals surface area (Å²) in [6.07, 6.45) is -9.41. The van der Waals surface area contributed by atoms with E-state index in [0.717, 1.165) is 24.3 Å². The third-order valence-electron chi connectivity index (χ3n) is 2.63. The molecule has 1 aromatic carbocycles. The van der Waals surface area contributed by atoms with E-state index >= 15 is 0 Å². The molecule has 8 heteroatoms. The molecule has 0 atom stereocenters. The number of rotatable bonds is 1. The monoisotopic (exact) mass is 307 g/mol. The lowest BCUT2D eigenvalue weighted by molar-refractivity contribution is -0.141. The van der Waals surface area contributed by atoms with Gasteiger partial charge in [-0.25, -0.2) is 4.98 Å². The van der Waals surface area contributed by atoms with E-state index in [4.69, 9.17) is 0 Å². The van der Waals surface area contributed by atoms with Gasteiger partial charge in [-0.05, 0) is 24.3 Å². The van der Waals surface area contributed by atoms with Gasteiger partial charge in [-0.1, -0.05) is 12.1 Å². The summed E-state index contributed by atoms with van der Waals surface area (Å²) in [5, 5.41) is 9.54. The smallest absolute Gasteiger partial charge is 0.433 e. The Labute approximate surface area is 114 Å². The number of hydrogen-bond donors (Lipinski definition) is 1. The van der Waals surface area contributed by atoms with Crippen molar-refractivity contribution < 1.29 is 31.4 Å². The largest absolute Gasteiger partial charge is 0.506 e. The third kappa shape index (κ3) is 3.26. The molecule has 0 aliphatic carbocycles. The fourth-order valence-electron chi connectivity index (χ4n) is 1.66. The van der Waals surface area contributed by atoms with Gasteiger partial charge in [-0.3, -0.25) is 0 Å². The third-order valence-corrected chi connectivity index (χ3v) is 2.63. The standard InChI is InChI=1S/C13H7F6NO/c14-12(15,16)8-3-1-2-7(6-8)11-9(21)4-5-10(20-11)13(17,18)19/h1-6,21H. The summed E-state index contributed by atoms with van der Waals surface area (Å²) in [4.78, 5) is 3.19. The second-order valence-corrected chi connectivity index (χ2v) is 4.14. The molecule has 0 amide bonds. The van der Waals surface area contributed by atoms with E-state index in [1.807, 2.05) is 0 Å². The van der Waals surface area contributed by atoms with Crippen LogP contribution in [0.25, 0.3) is 11.3 Å². The quantitative estimate of drug-likeness (QED) is 0.787. The molecule has 1 heterocycles. The highest BCUT2D eigenvalue weighted by atomic mass is 19.4. The fraction of sp³-hybridized carbons (Fsp3) is 0.154.